The predicted octanol–water partition coefficient (Wildman–Crippen LogP) is 2.35. The largest absolute Gasteiger partial charge is 0.510 e. The second-order valence-electron chi connectivity index (χ2n) is 9.65. The van der Waals surface area contributed by atoms with E-state index >= 15 is 0 Å². The van der Waals surface area contributed by atoms with Crippen molar-refractivity contribution in [3.8, 4) is 11.4 Å². The number of Topliss-reactive ketones (excluding diaryl/α,β-unsaturated/α-hetero) is 1. The third kappa shape index (κ3) is 3.30. The number of likely N-dealkylation sites (N-methyl/N-ethyl adjacent to an activating group) is 1. The Hall–Kier alpha value is -3.56. The van der Waals surface area contributed by atoms with Gasteiger partial charge in [0.1, 0.15) is 17.1 Å². The highest BCUT2D eigenvalue weighted by Crippen LogP contribution is 2.54. The molecule has 0 saturated carbocycles. The first-order chi connectivity index (χ1) is 16.7. The maximum Gasteiger partial charge on any atom is 0.248 e. The Bertz CT molecular complexity index is 1290. The van der Waals surface area contributed by atoms with Crippen molar-refractivity contribution in [1.82, 2.24) is 14.9 Å². The fourth-order valence-electron chi connectivity index (χ4n) is 6.21. The van der Waals surface area contributed by atoms with Crippen LogP contribution >= 0.6 is 0 Å². The van der Waals surface area contributed by atoms with E-state index in [2.05, 4.69) is 9.97 Å². The molecule has 1 amide bonds. The lowest BCUT2D eigenvalue weighted by Crippen LogP contribution is -2.60. The van der Waals surface area contributed by atoms with E-state index in [4.69, 9.17) is 10.5 Å². The Labute approximate surface area is 202 Å². The van der Waals surface area contributed by atoms with Crippen LogP contribution < -0.4 is 5.73 Å². The van der Waals surface area contributed by atoms with Gasteiger partial charge < -0.3 is 20.7 Å². The highest BCUT2D eigenvalue weighted by atomic mass is 16.5. The number of hydrogen-bond donors (Lipinski definition) is 3. The average Bonchev–Trinajstić information content (AvgIpc) is 2.84. The third-order valence-electron chi connectivity index (χ3n) is 7.75. The molecule has 4 atom stereocenters. The zero-order chi connectivity index (χ0) is 25.1. The molecule has 3 aliphatic rings. The van der Waals surface area contributed by atoms with E-state index in [1.807, 2.05) is 6.07 Å². The van der Waals surface area contributed by atoms with E-state index in [1.54, 1.807) is 49.6 Å². The van der Waals surface area contributed by atoms with Crippen molar-refractivity contribution in [3.05, 3.63) is 70.5 Å². The zero-order valence-corrected chi connectivity index (χ0v) is 19.9. The van der Waals surface area contributed by atoms with Crippen molar-refractivity contribution in [2.75, 3.05) is 21.2 Å². The van der Waals surface area contributed by atoms with Gasteiger partial charge >= 0.3 is 0 Å². The lowest BCUT2D eigenvalue weighted by molar-refractivity contribution is -0.121. The summed E-state index contributed by atoms with van der Waals surface area (Å²) in [5.41, 5.74) is 6.64. The fraction of sp³-hybridized carbons (Fsp3) is 0.385. The summed E-state index contributed by atoms with van der Waals surface area (Å²) >= 11 is 0. The van der Waals surface area contributed by atoms with Crippen LogP contribution in [0.1, 0.15) is 28.8 Å². The van der Waals surface area contributed by atoms with E-state index in [9.17, 15) is 19.8 Å². The van der Waals surface area contributed by atoms with E-state index in [0.29, 0.717) is 29.8 Å². The molecule has 9 nitrogen and oxygen atoms in total. The van der Waals surface area contributed by atoms with Gasteiger partial charge in [0.15, 0.2) is 11.6 Å². The van der Waals surface area contributed by atoms with Crippen LogP contribution in [0, 0.1) is 11.8 Å². The number of carbonyl (C=O) groups is 2. The first kappa shape index (κ1) is 23.2. The standard InChI is InChI=1S/C26H28N4O5/c1-30(2)20-18-11-13-10-16-14(6-4-7-15(16)25-28-8-5-9-29-25)21(31)19(13)23(33)26(18,35-3)12-17(22(20)32)24(27)34/h4-9,13,18,20,32-33H,10-12H2,1-3H3,(H2,27,34)/t13-,18-,20-,26-/m0/s1. The number of allylic oxidation sites excluding steroid dienone is 1. The van der Waals surface area contributed by atoms with Gasteiger partial charge in [-0.2, -0.15) is 0 Å². The number of benzene rings is 1. The first-order valence-electron chi connectivity index (χ1n) is 11.5. The number of methoxy groups -OCH3 is 1. The number of fused-ring (bicyclic) bond motifs is 3. The molecule has 0 saturated heterocycles. The molecule has 0 bridgehead atoms. The van der Waals surface area contributed by atoms with Crippen molar-refractivity contribution < 1.29 is 24.5 Å². The van der Waals surface area contributed by atoms with E-state index in [-0.39, 0.29) is 35.2 Å². The van der Waals surface area contributed by atoms with Gasteiger partial charge in [-0.25, -0.2) is 9.97 Å². The van der Waals surface area contributed by atoms with Crippen LogP contribution in [0.4, 0.5) is 0 Å². The Morgan fingerprint density at radius 1 is 1.17 bits per heavy atom. The number of aromatic nitrogens is 2. The number of carbonyl (C=O) groups excluding carboxylic acids is 2. The second kappa shape index (κ2) is 8.28. The van der Waals surface area contributed by atoms with Crippen molar-refractivity contribution >= 4 is 11.7 Å². The fourth-order valence-corrected chi connectivity index (χ4v) is 6.21. The van der Waals surface area contributed by atoms with Crippen LogP contribution in [0.2, 0.25) is 0 Å². The molecule has 1 aromatic heterocycles. The molecule has 4 N–H and O–H groups in total. The summed E-state index contributed by atoms with van der Waals surface area (Å²) < 4.78 is 5.92. The lowest BCUT2D eigenvalue weighted by Gasteiger charge is -2.53. The Morgan fingerprint density at radius 2 is 1.86 bits per heavy atom. The smallest absolute Gasteiger partial charge is 0.248 e. The molecule has 1 heterocycles. The topological polar surface area (TPSA) is 139 Å². The van der Waals surface area contributed by atoms with Crippen molar-refractivity contribution in [2.45, 2.75) is 30.9 Å². The summed E-state index contributed by atoms with van der Waals surface area (Å²) in [5.74, 6) is -1.55. The predicted molar refractivity (Wildman–Crippen MR) is 127 cm³/mol. The first-order valence-corrected chi connectivity index (χ1v) is 11.5. The molecule has 9 heteroatoms. The summed E-state index contributed by atoms with van der Waals surface area (Å²) in [7, 11) is 5.02. The number of amides is 1. The molecule has 5 rings (SSSR count). The number of ketones is 1. The summed E-state index contributed by atoms with van der Waals surface area (Å²) in [6.07, 6.45) is 4.16. The van der Waals surface area contributed by atoms with Crippen LogP contribution in [0.3, 0.4) is 0 Å². The molecule has 3 aliphatic carbocycles. The van der Waals surface area contributed by atoms with E-state index in [0.717, 1.165) is 11.1 Å². The molecular formula is C26H28N4O5. The van der Waals surface area contributed by atoms with E-state index in [1.165, 1.54) is 7.11 Å². The van der Waals surface area contributed by atoms with Gasteiger partial charge in [0.25, 0.3) is 0 Å². The molecule has 0 unspecified atom stereocenters. The van der Waals surface area contributed by atoms with Gasteiger partial charge in [-0.05, 0) is 44.5 Å². The number of nitrogens with zero attached hydrogens (tertiary/aromatic N) is 3. The van der Waals surface area contributed by atoms with Gasteiger partial charge in [0.05, 0.1) is 11.6 Å². The van der Waals surface area contributed by atoms with Gasteiger partial charge in [0.2, 0.25) is 5.91 Å². The molecule has 0 fully saturated rings. The molecule has 1 aromatic carbocycles. The maximum absolute atomic E-state index is 13.8. The van der Waals surface area contributed by atoms with Gasteiger partial charge in [-0.15, -0.1) is 0 Å². The van der Waals surface area contributed by atoms with Gasteiger partial charge in [0, 0.05) is 48.5 Å². The normalized spacial score (nSPS) is 28.0. The maximum atomic E-state index is 13.8. The number of hydrogen-bond acceptors (Lipinski definition) is 8. The number of ether oxygens (including phenoxy) is 1. The van der Waals surface area contributed by atoms with Crippen molar-refractivity contribution in [2.24, 2.45) is 17.6 Å². The van der Waals surface area contributed by atoms with E-state index < -0.39 is 23.5 Å². The minimum Gasteiger partial charge on any atom is -0.510 e. The SMILES string of the molecule is CO[C@@]12CC(C(N)=O)=C(O)[C@@H](N(C)C)[C@@H]1C[C@@H]1Cc3c(cccc3-c3ncccn3)C(=O)C1=C2O. The quantitative estimate of drug-likeness (QED) is 0.611. The Morgan fingerprint density at radius 3 is 2.49 bits per heavy atom. The van der Waals surface area contributed by atoms with Crippen LogP contribution in [0.15, 0.2) is 59.3 Å². The number of aliphatic hydroxyl groups is 2. The number of nitrogens with two attached hydrogens (primary N) is 1. The van der Waals surface area contributed by atoms with Gasteiger partial charge in [-0.3, -0.25) is 14.5 Å². The Balaban J connectivity index is 1.69. The summed E-state index contributed by atoms with van der Waals surface area (Å²) in [6.45, 7) is 0. The van der Waals surface area contributed by atoms with Crippen molar-refractivity contribution in [1.29, 1.82) is 0 Å². The molecular weight excluding hydrogens is 448 g/mol. The van der Waals surface area contributed by atoms with Crippen LogP contribution in [0.5, 0.6) is 0 Å². The highest BCUT2D eigenvalue weighted by molar-refractivity contribution is 6.12. The number of rotatable bonds is 4. The van der Waals surface area contributed by atoms with Crippen LogP contribution in [0.25, 0.3) is 11.4 Å². The highest BCUT2D eigenvalue weighted by Gasteiger charge is 2.59. The molecule has 0 aliphatic heterocycles. The third-order valence-corrected chi connectivity index (χ3v) is 7.75. The summed E-state index contributed by atoms with van der Waals surface area (Å²) in [5, 5.41) is 22.7. The molecule has 0 radical (unpaired) electrons. The number of aliphatic hydroxyl groups excluding tert-OH is 2. The minimum atomic E-state index is -1.36. The second-order valence-corrected chi connectivity index (χ2v) is 9.65. The van der Waals surface area contributed by atoms with Crippen molar-refractivity contribution in [3.63, 3.8) is 0 Å². The molecule has 2 aromatic rings. The lowest BCUT2D eigenvalue weighted by atomic mass is 9.59. The molecule has 0 spiro atoms. The van der Waals surface area contributed by atoms with Crippen LogP contribution in [-0.4, -0.2) is 69.6 Å². The molecule has 182 valence electrons. The zero-order valence-electron chi connectivity index (χ0n) is 19.9. The molecule has 35 heavy (non-hydrogen) atoms. The summed E-state index contributed by atoms with van der Waals surface area (Å²) in [4.78, 5) is 36.5. The summed E-state index contributed by atoms with van der Waals surface area (Å²) in [6, 6.07) is 6.54. The Kier molecular flexibility index (Phi) is 5.49. The van der Waals surface area contributed by atoms with Gasteiger partial charge in [-0.1, -0.05) is 18.2 Å². The monoisotopic (exact) mass is 476 g/mol. The average molecular weight is 477 g/mol. The van der Waals surface area contributed by atoms with Crippen LogP contribution in [-0.2, 0) is 16.0 Å². The minimum absolute atomic E-state index is 0.000397. The number of primary amides is 1.